The van der Waals surface area contributed by atoms with Gasteiger partial charge in [-0.1, -0.05) is 158 Å². The topological polar surface area (TPSA) is 16.4 Å². The molecule has 264 valence electrons. The fraction of sp³-hybridized carbons (Fsp3) is 0.192. The van der Waals surface area contributed by atoms with Crippen molar-refractivity contribution in [3.63, 3.8) is 0 Å². The van der Waals surface area contributed by atoms with Crippen molar-refractivity contribution in [3.05, 3.63) is 173 Å². The first-order valence-corrected chi connectivity index (χ1v) is 19.3. The SMILES string of the molecule is CC(C)(C)c1cccc2c1oc1ccc3c(c12)C(C)(C)c1c-3cccc1N(c1ccc(-c2ccccc2)cc1)c1ccc2c(c1)C(C)(C)c1ccccc1-2. The van der Waals surface area contributed by atoms with Crippen molar-refractivity contribution in [2.45, 2.75) is 64.7 Å². The molecule has 0 amide bonds. The van der Waals surface area contributed by atoms with Gasteiger partial charge in [-0.05, 0) is 97.4 Å². The number of hydrogen-bond donors (Lipinski definition) is 0. The number of hydrogen-bond acceptors (Lipinski definition) is 2. The van der Waals surface area contributed by atoms with Gasteiger partial charge in [0.15, 0.2) is 0 Å². The monoisotopic (exact) mass is 699 g/mol. The molecule has 0 fully saturated rings. The van der Waals surface area contributed by atoms with E-state index in [4.69, 9.17) is 4.42 Å². The van der Waals surface area contributed by atoms with Crippen molar-refractivity contribution >= 4 is 39.0 Å². The van der Waals surface area contributed by atoms with Crippen molar-refractivity contribution in [2.75, 3.05) is 4.90 Å². The Morgan fingerprint density at radius 2 is 1.13 bits per heavy atom. The van der Waals surface area contributed by atoms with Gasteiger partial charge in [-0.15, -0.1) is 0 Å². The molecule has 0 saturated carbocycles. The summed E-state index contributed by atoms with van der Waals surface area (Å²) in [6, 6.07) is 53.8. The zero-order valence-electron chi connectivity index (χ0n) is 32.2. The van der Waals surface area contributed by atoms with Gasteiger partial charge in [0.25, 0.3) is 0 Å². The summed E-state index contributed by atoms with van der Waals surface area (Å²) in [6.45, 7) is 16.4. The molecule has 2 aliphatic rings. The highest BCUT2D eigenvalue weighted by molar-refractivity contribution is 6.12. The third-order valence-electron chi connectivity index (χ3n) is 12.4. The maximum absolute atomic E-state index is 6.77. The van der Waals surface area contributed by atoms with Gasteiger partial charge in [0.05, 0.1) is 5.69 Å². The lowest BCUT2D eigenvalue weighted by atomic mass is 9.79. The molecule has 2 aliphatic carbocycles. The first-order valence-electron chi connectivity index (χ1n) is 19.3. The Morgan fingerprint density at radius 1 is 0.500 bits per heavy atom. The molecule has 1 aromatic heterocycles. The maximum atomic E-state index is 6.77. The molecule has 8 aromatic rings. The highest BCUT2D eigenvalue weighted by atomic mass is 16.3. The van der Waals surface area contributed by atoms with Crippen LogP contribution in [0.3, 0.4) is 0 Å². The fourth-order valence-corrected chi connectivity index (χ4v) is 9.78. The highest BCUT2D eigenvalue weighted by Crippen LogP contribution is 2.58. The lowest BCUT2D eigenvalue weighted by molar-refractivity contribution is 0.572. The van der Waals surface area contributed by atoms with Crippen LogP contribution in [0.4, 0.5) is 17.1 Å². The largest absolute Gasteiger partial charge is 0.456 e. The molecule has 0 N–H and O–H groups in total. The molecule has 0 unspecified atom stereocenters. The van der Waals surface area contributed by atoms with Gasteiger partial charge in [-0.3, -0.25) is 0 Å². The average Bonchev–Trinajstić information content (AvgIpc) is 3.75. The number of anilines is 3. The molecule has 7 aromatic carbocycles. The Balaban J connectivity index is 1.20. The molecular weight excluding hydrogens is 655 g/mol. The van der Waals surface area contributed by atoms with Crippen molar-refractivity contribution in [1.82, 2.24) is 0 Å². The van der Waals surface area contributed by atoms with E-state index in [2.05, 4.69) is 199 Å². The minimum absolute atomic E-state index is 0.0371. The third kappa shape index (κ3) is 4.59. The normalized spacial score (nSPS) is 14.9. The summed E-state index contributed by atoms with van der Waals surface area (Å²) in [5.41, 5.74) is 19.3. The van der Waals surface area contributed by atoms with Crippen LogP contribution < -0.4 is 4.90 Å². The van der Waals surface area contributed by atoms with Crippen LogP contribution in [0.1, 0.15) is 76.3 Å². The Kier molecular flexibility index (Phi) is 6.87. The summed E-state index contributed by atoms with van der Waals surface area (Å²) in [5.74, 6) is 0. The number of furan rings is 1. The zero-order valence-corrected chi connectivity index (χ0v) is 32.2. The molecule has 1 heterocycles. The van der Waals surface area contributed by atoms with Crippen molar-refractivity contribution < 1.29 is 4.42 Å². The van der Waals surface area contributed by atoms with Crippen molar-refractivity contribution in [3.8, 4) is 33.4 Å². The van der Waals surface area contributed by atoms with E-state index in [-0.39, 0.29) is 16.2 Å². The molecular formula is C52H45NO. The fourth-order valence-electron chi connectivity index (χ4n) is 9.78. The molecule has 2 nitrogen and oxygen atoms in total. The first-order chi connectivity index (χ1) is 25.9. The van der Waals surface area contributed by atoms with E-state index in [9.17, 15) is 0 Å². The molecule has 54 heavy (non-hydrogen) atoms. The van der Waals surface area contributed by atoms with Crippen LogP contribution in [0.5, 0.6) is 0 Å². The molecule has 0 saturated heterocycles. The molecule has 10 rings (SSSR count). The Hall–Kier alpha value is -5.86. The van der Waals surface area contributed by atoms with E-state index in [1.54, 1.807) is 0 Å². The van der Waals surface area contributed by atoms with E-state index in [0.29, 0.717) is 0 Å². The van der Waals surface area contributed by atoms with E-state index in [1.807, 2.05) is 0 Å². The molecule has 0 bridgehead atoms. The minimum Gasteiger partial charge on any atom is -0.456 e. The summed E-state index contributed by atoms with van der Waals surface area (Å²) in [6.07, 6.45) is 0. The minimum atomic E-state index is -0.316. The van der Waals surface area contributed by atoms with Gasteiger partial charge in [-0.25, -0.2) is 0 Å². The molecule has 0 spiro atoms. The summed E-state index contributed by atoms with van der Waals surface area (Å²) >= 11 is 0. The molecule has 0 aliphatic heterocycles. The molecule has 0 atom stereocenters. The quantitative estimate of drug-likeness (QED) is 0.182. The van der Waals surface area contributed by atoms with Crippen LogP contribution in [0.2, 0.25) is 0 Å². The standard InChI is InChI=1S/C52H45NO/c1-50(2,3)42-21-13-19-40-46-45(54-49(40)42)30-29-39-38-18-14-22-44(47(38)52(6,7)48(39)46)53(34-25-23-33(24-26-34)32-15-9-8-10-16-32)35-27-28-37-36-17-11-12-20-41(36)51(4,5)43(37)31-35/h8-31H,1-7H3. The van der Waals surface area contributed by atoms with Gasteiger partial charge in [0, 0.05) is 38.5 Å². The van der Waals surface area contributed by atoms with E-state index < -0.39 is 0 Å². The Labute approximate surface area is 318 Å². The lowest BCUT2D eigenvalue weighted by Crippen LogP contribution is -2.21. The summed E-state index contributed by atoms with van der Waals surface area (Å²) in [7, 11) is 0. The number of nitrogens with zero attached hydrogens (tertiary/aromatic N) is 1. The van der Waals surface area contributed by atoms with Crippen LogP contribution in [0.15, 0.2) is 150 Å². The smallest absolute Gasteiger partial charge is 0.139 e. The van der Waals surface area contributed by atoms with Gasteiger partial charge in [0.2, 0.25) is 0 Å². The first kappa shape index (κ1) is 32.8. The summed E-state index contributed by atoms with van der Waals surface area (Å²) in [4.78, 5) is 2.50. The van der Waals surface area contributed by atoms with Gasteiger partial charge >= 0.3 is 0 Å². The zero-order chi connectivity index (χ0) is 37.1. The molecule has 0 radical (unpaired) electrons. The van der Waals surface area contributed by atoms with Gasteiger partial charge < -0.3 is 9.32 Å². The lowest BCUT2D eigenvalue weighted by Gasteiger charge is -2.33. The van der Waals surface area contributed by atoms with Gasteiger partial charge in [-0.2, -0.15) is 0 Å². The Bertz CT molecular complexity index is 2790. The highest BCUT2D eigenvalue weighted by Gasteiger charge is 2.42. The van der Waals surface area contributed by atoms with E-state index in [1.165, 1.54) is 77.7 Å². The van der Waals surface area contributed by atoms with Crippen LogP contribution >= 0.6 is 0 Å². The second-order valence-corrected chi connectivity index (χ2v) is 17.4. The Morgan fingerprint density at radius 3 is 1.91 bits per heavy atom. The van der Waals surface area contributed by atoms with Crippen LogP contribution in [-0.4, -0.2) is 0 Å². The van der Waals surface area contributed by atoms with Crippen molar-refractivity contribution in [1.29, 1.82) is 0 Å². The van der Waals surface area contributed by atoms with Crippen LogP contribution in [0, 0.1) is 0 Å². The number of benzene rings is 7. The number of para-hydroxylation sites is 1. The van der Waals surface area contributed by atoms with E-state index in [0.717, 1.165) is 22.5 Å². The predicted molar refractivity (Wildman–Crippen MR) is 228 cm³/mol. The maximum Gasteiger partial charge on any atom is 0.139 e. The number of fused-ring (bicyclic) bond motifs is 10. The second kappa shape index (κ2) is 11.3. The summed E-state index contributed by atoms with van der Waals surface area (Å²) in [5, 5.41) is 2.43. The van der Waals surface area contributed by atoms with Crippen molar-refractivity contribution in [2.24, 2.45) is 0 Å². The van der Waals surface area contributed by atoms with Crippen LogP contribution in [0.25, 0.3) is 55.3 Å². The number of rotatable bonds is 4. The van der Waals surface area contributed by atoms with Crippen LogP contribution in [-0.2, 0) is 16.2 Å². The summed E-state index contributed by atoms with van der Waals surface area (Å²) < 4.78 is 6.77. The van der Waals surface area contributed by atoms with Gasteiger partial charge in [0.1, 0.15) is 11.2 Å². The molecule has 2 heteroatoms. The van der Waals surface area contributed by atoms with E-state index >= 15 is 0 Å². The third-order valence-corrected chi connectivity index (χ3v) is 12.4. The predicted octanol–water partition coefficient (Wildman–Crippen LogP) is 14.6. The average molecular weight is 700 g/mol. The second-order valence-electron chi connectivity index (χ2n) is 17.4.